The highest BCUT2D eigenvalue weighted by molar-refractivity contribution is 5.99. The van der Waals surface area contributed by atoms with E-state index in [2.05, 4.69) is 0 Å². The van der Waals surface area contributed by atoms with Gasteiger partial charge in [-0.1, -0.05) is 0 Å². The second-order valence-electron chi connectivity index (χ2n) is 6.61. The maximum Gasteiger partial charge on any atom is 0.336 e. The summed E-state index contributed by atoms with van der Waals surface area (Å²) in [7, 11) is 0. The summed E-state index contributed by atoms with van der Waals surface area (Å²) in [6.07, 6.45) is 4.76. The Bertz CT molecular complexity index is 946. The third-order valence-electron chi connectivity index (χ3n) is 4.02. The number of hydrogen-bond acceptors (Lipinski definition) is 5. The molecule has 0 fully saturated rings. The SMILES string of the molecule is Cc1cc(=O)oc2cc(O[C@H](C)/C=C/C3=CC(=O)C(C)(C)O3)ccc12. The van der Waals surface area contributed by atoms with Crippen molar-refractivity contribution in [2.75, 3.05) is 0 Å². The Hall–Kier alpha value is -2.82. The van der Waals surface area contributed by atoms with Crippen molar-refractivity contribution in [2.45, 2.75) is 39.4 Å². The van der Waals surface area contributed by atoms with Crippen LogP contribution in [0, 0.1) is 6.92 Å². The molecule has 0 spiro atoms. The van der Waals surface area contributed by atoms with Crippen LogP contribution < -0.4 is 10.4 Å². The summed E-state index contributed by atoms with van der Waals surface area (Å²) < 4.78 is 16.6. The summed E-state index contributed by atoms with van der Waals surface area (Å²) in [5.41, 5.74) is 0.168. The minimum Gasteiger partial charge on any atom is -0.487 e. The van der Waals surface area contributed by atoms with Gasteiger partial charge in [0.05, 0.1) is 0 Å². The Balaban J connectivity index is 1.73. The number of hydrogen-bond donors (Lipinski definition) is 0. The van der Waals surface area contributed by atoms with E-state index in [0.717, 1.165) is 10.9 Å². The molecule has 0 radical (unpaired) electrons. The van der Waals surface area contributed by atoms with E-state index in [0.29, 0.717) is 17.1 Å². The molecule has 0 saturated heterocycles. The van der Waals surface area contributed by atoms with Crippen LogP contribution in [0.1, 0.15) is 26.3 Å². The predicted octanol–water partition coefficient (Wildman–Crippen LogP) is 3.69. The van der Waals surface area contributed by atoms with E-state index < -0.39 is 5.60 Å². The van der Waals surface area contributed by atoms with Gasteiger partial charge in [-0.05, 0) is 57.5 Å². The molecule has 130 valence electrons. The number of aryl methyl sites for hydroxylation is 1. The number of carbonyl (C=O) groups excluding carboxylic acids is 1. The fourth-order valence-electron chi connectivity index (χ4n) is 2.62. The average Bonchev–Trinajstić information content (AvgIpc) is 2.77. The smallest absolute Gasteiger partial charge is 0.336 e. The highest BCUT2D eigenvalue weighted by Crippen LogP contribution is 2.26. The number of benzene rings is 1. The minimum atomic E-state index is -0.808. The van der Waals surface area contributed by atoms with E-state index in [1.165, 1.54) is 12.1 Å². The van der Waals surface area contributed by atoms with Crippen LogP contribution in [0.5, 0.6) is 5.75 Å². The Morgan fingerprint density at radius 1 is 1.20 bits per heavy atom. The first-order chi connectivity index (χ1) is 11.7. The summed E-state index contributed by atoms with van der Waals surface area (Å²) in [5, 5.41) is 0.875. The molecule has 1 atom stereocenters. The lowest BCUT2D eigenvalue weighted by atomic mass is 10.1. The van der Waals surface area contributed by atoms with Crippen molar-refractivity contribution in [3.63, 3.8) is 0 Å². The minimum absolute atomic E-state index is 0.0550. The van der Waals surface area contributed by atoms with E-state index in [1.807, 2.05) is 26.0 Å². The van der Waals surface area contributed by atoms with E-state index in [1.54, 1.807) is 32.1 Å². The van der Waals surface area contributed by atoms with Gasteiger partial charge in [0.2, 0.25) is 5.78 Å². The normalized spacial score (nSPS) is 17.6. The van der Waals surface area contributed by atoms with Crippen LogP contribution in [0.2, 0.25) is 0 Å². The van der Waals surface area contributed by atoms with Crippen molar-refractivity contribution in [3.05, 3.63) is 64.2 Å². The molecule has 1 aromatic carbocycles. The predicted molar refractivity (Wildman–Crippen MR) is 94.7 cm³/mol. The maximum atomic E-state index is 11.7. The molecule has 0 N–H and O–H groups in total. The molecule has 5 heteroatoms. The largest absolute Gasteiger partial charge is 0.487 e. The van der Waals surface area contributed by atoms with Gasteiger partial charge in [-0.2, -0.15) is 0 Å². The van der Waals surface area contributed by atoms with Crippen molar-refractivity contribution in [2.24, 2.45) is 0 Å². The molecule has 0 bridgehead atoms. The first kappa shape index (κ1) is 17.0. The highest BCUT2D eigenvalue weighted by atomic mass is 16.5. The van der Waals surface area contributed by atoms with Crippen LogP contribution >= 0.6 is 0 Å². The molecular formula is C20H20O5. The zero-order chi connectivity index (χ0) is 18.2. The summed E-state index contributed by atoms with van der Waals surface area (Å²) in [6.45, 7) is 7.20. The molecule has 0 saturated carbocycles. The van der Waals surface area contributed by atoms with Crippen LogP contribution in [0.15, 0.2) is 57.5 Å². The van der Waals surface area contributed by atoms with E-state index in [-0.39, 0.29) is 17.5 Å². The molecule has 0 unspecified atom stereocenters. The van der Waals surface area contributed by atoms with Gasteiger partial charge in [-0.15, -0.1) is 0 Å². The van der Waals surface area contributed by atoms with Gasteiger partial charge in [0.15, 0.2) is 5.60 Å². The Morgan fingerprint density at radius 2 is 1.96 bits per heavy atom. The lowest BCUT2D eigenvalue weighted by Crippen LogP contribution is -2.27. The lowest BCUT2D eigenvalue weighted by molar-refractivity contribution is -0.126. The average molecular weight is 340 g/mol. The zero-order valence-electron chi connectivity index (χ0n) is 14.7. The summed E-state index contributed by atoms with van der Waals surface area (Å²) in [6, 6.07) is 6.86. The number of ether oxygens (including phenoxy) is 2. The van der Waals surface area contributed by atoms with Crippen LogP contribution in [0.25, 0.3) is 11.0 Å². The van der Waals surface area contributed by atoms with Crippen LogP contribution in [0.4, 0.5) is 0 Å². The maximum absolute atomic E-state index is 11.7. The quantitative estimate of drug-likeness (QED) is 0.794. The monoisotopic (exact) mass is 340 g/mol. The van der Waals surface area contributed by atoms with E-state index in [4.69, 9.17) is 13.9 Å². The molecule has 2 aromatic rings. The van der Waals surface area contributed by atoms with Crippen molar-refractivity contribution in [1.82, 2.24) is 0 Å². The second kappa shape index (κ2) is 6.24. The topological polar surface area (TPSA) is 65.7 Å². The summed E-state index contributed by atoms with van der Waals surface area (Å²) >= 11 is 0. The van der Waals surface area contributed by atoms with Gasteiger partial charge in [0.25, 0.3) is 0 Å². The number of rotatable bonds is 4. The molecule has 1 aromatic heterocycles. The van der Waals surface area contributed by atoms with Gasteiger partial charge in [0, 0.05) is 23.6 Å². The first-order valence-electron chi connectivity index (χ1n) is 8.09. The summed E-state index contributed by atoms with van der Waals surface area (Å²) in [5.74, 6) is 1.06. The number of ketones is 1. The second-order valence-corrected chi connectivity index (χ2v) is 6.61. The number of fused-ring (bicyclic) bond motifs is 1. The van der Waals surface area contributed by atoms with Crippen LogP contribution in [0.3, 0.4) is 0 Å². The Morgan fingerprint density at radius 3 is 2.64 bits per heavy atom. The third-order valence-corrected chi connectivity index (χ3v) is 4.02. The van der Waals surface area contributed by atoms with Crippen molar-refractivity contribution >= 4 is 16.8 Å². The zero-order valence-corrected chi connectivity index (χ0v) is 14.7. The van der Waals surface area contributed by atoms with Crippen LogP contribution in [-0.4, -0.2) is 17.5 Å². The Kier molecular flexibility index (Phi) is 4.25. The molecule has 0 amide bonds. The standard InChI is InChI=1S/C20H20O5/c1-12-9-19(22)24-17-10-14(7-8-16(12)17)23-13(2)5-6-15-11-18(21)20(3,4)25-15/h5-11,13H,1-4H3/b6-5+/t13-/m1/s1. The highest BCUT2D eigenvalue weighted by Gasteiger charge is 2.34. The number of allylic oxidation sites excluding steroid dienone is 1. The molecule has 2 heterocycles. The van der Waals surface area contributed by atoms with Crippen molar-refractivity contribution < 1.29 is 18.7 Å². The molecular weight excluding hydrogens is 320 g/mol. The fourth-order valence-corrected chi connectivity index (χ4v) is 2.62. The van der Waals surface area contributed by atoms with Gasteiger partial charge in [-0.25, -0.2) is 4.79 Å². The molecule has 1 aliphatic rings. The van der Waals surface area contributed by atoms with Gasteiger partial charge in [-0.3, -0.25) is 4.79 Å². The summed E-state index contributed by atoms with van der Waals surface area (Å²) in [4.78, 5) is 23.2. The third kappa shape index (κ3) is 3.65. The lowest BCUT2D eigenvalue weighted by Gasteiger charge is -2.17. The van der Waals surface area contributed by atoms with E-state index in [9.17, 15) is 9.59 Å². The van der Waals surface area contributed by atoms with Gasteiger partial charge >= 0.3 is 5.63 Å². The molecule has 5 nitrogen and oxygen atoms in total. The van der Waals surface area contributed by atoms with Crippen molar-refractivity contribution in [1.29, 1.82) is 0 Å². The van der Waals surface area contributed by atoms with Crippen LogP contribution in [-0.2, 0) is 9.53 Å². The van der Waals surface area contributed by atoms with E-state index >= 15 is 0 Å². The fraction of sp³-hybridized carbons (Fsp3) is 0.300. The Labute approximate surface area is 145 Å². The first-order valence-corrected chi connectivity index (χ1v) is 8.09. The molecule has 3 rings (SSSR count). The molecule has 1 aliphatic heterocycles. The molecule has 0 aliphatic carbocycles. The van der Waals surface area contributed by atoms with Crippen molar-refractivity contribution in [3.8, 4) is 5.75 Å². The van der Waals surface area contributed by atoms with Gasteiger partial charge < -0.3 is 13.9 Å². The molecule has 25 heavy (non-hydrogen) atoms. The van der Waals surface area contributed by atoms with Gasteiger partial charge in [0.1, 0.15) is 23.2 Å². The number of carbonyl (C=O) groups is 1.